The van der Waals surface area contributed by atoms with E-state index in [1.165, 1.54) is 5.56 Å². The normalized spacial score (nSPS) is 12.3. The molecule has 0 bridgehead atoms. The van der Waals surface area contributed by atoms with E-state index in [0.717, 1.165) is 33.3 Å². The molecular weight excluding hydrogens is 352 g/mol. The van der Waals surface area contributed by atoms with Gasteiger partial charge in [-0.25, -0.2) is 0 Å². The number of nitrogens with one attached hydrogen (secondary N) is 2. The van der Waals surface area contributed by atoms with Gasteiger partial charge in [-0.2, -0.15) is 0 Å². The fourth-order valence-electron chi connectivity index (χ4n) is 3.18. The Morgan fingerprint density at radius 2 is 1.71 bits per heavy atom. The molecule has 3 rings (SSSR count). The van der Waals surface area contributed by atoms with E-state index in [9.17, 15) is 9.90 Å². The van der Waals surface area contributed by atoms with Crippen LogP contribution in [0.3, 0.4) is 0 Å². The van der Waals surface area contributed by atoms with Gasteiger partial charge in [-0.05, 0) is 68.1 Å². The number of benzene rings is 2. The minimum atomic E-state index is -0.662. The number of fused-ring (bicyclic) bond motifs is 1. The zero-order valence-electron chi connectivity index (χ0n) is 16.9. The Bertz CT molecular complexity index is 1040. The maximum Gasteiger partial charge on any atom is 0.252 e. The number of hydrogen-bond acceptors (Lipinski definition) is 4. The second kappa shape index (κ2) is 8.59. The summed E-state index contributed by atoms with van der Waals surface area (Å²) in [7, 11) is 0. The highest BCUT2D eigenvalue weighted by Crippen LogP contribution is 2.19. The highest BCUT2D eigenvalue weighted by molar-refractivity contribution is 5.85. The first-order chi connectivity index (χ1) is 13.3. The molecule has 0 amide bonds. The molecule has 1 atom stereocenters. The Balaban J connectivity index is 1.57. The summed E-state index contributed by atoms with van der Waals surface area (Å²) in [5, 5.41) is 14.4. The monoisotopic (exact) mass is 380 g/mol. The highest BCUT2D eigenvalue weighted by Gasteiger charge is 2.09. The summed E-state index contributed by atoms with van der Waals surface area (Å²) in [6, 6.07) is 11.9. The molecule has 3 N–H and O–H groups in total. The maximum atomic E-state index is 12.4. The van der Waals surface area contributed by atoms with Crippen molar-refractivity contribution in [2.45, 2.75) is 40.3 Å². The van der Waals surface area contributed by atoms with Crippen LogP contribution in [0.2, 0.25) is 0 Å². The zero-order chi connectivity index (χ0) is 20.3. The van der Waals surface area contributed by atoms with Gasteiger partial charge in [0.1, 0.15) is 18.5 Å². The van der Waals surface area contributed by atoms with Gasteiger partial charge >= 0.3 is 0 Å². The smallest absolute Gasteiger partial charge is 0.252 e. The van der Waals surface area contributed by atoms with E-state index in [0.29, 0.717) is 18.7 Å². The molecule has 0 unspecified atom stereocenters. The summed E-state index contributed by atoms with van der Waals surface area (Å²) >= 11 is 0. The molecule has 5 nitrogen and oxygen atoms in total. The lowest BCUT2D eigenvalue weighted by Gasteiger charge is -2.14. The van der Waals surface area contributed by atoms with Crippen molar-refractivity contribution in [3.8, 4) is 5.75 Å². The van der Waals surface area contributed by atoms with Crippen molar-refractivity contribution < 1.29 is 9.84 Å². The van der Waals surface area contributed by atoms with E-state index < -0.39 is 6.10 Å². The lowest BCUT2D eigenvalue weighted by atomic mass is 10.0. The second-order valence-electron chi connectivity index (χ2n) is 7.45. The molecule has 0 spiro atoms. The number of aromatic amines is 1. The van der Waals surface area contributed by atoms with Gasteiger partial charge in [0, 0.05) is 24.0 Å². The lowest BCUT2D eigenvalue weighted by Crippen LogP contribution is -2.32. The first kappa shape index (κ1) is 20.1. The van der Waals surface area contributed by atoms with Crippen LogP contribution in [0.5, 0.6) is 5.75 Å². The van der Waals surface area contributed by atoms with E-state index >= 15 is 0 Å². The van der Waals surface area contributed by atoms with E-state index in [1.54, 1.807) is 0 Å². The van der Waals surface area contributed by atoms with Gasteiger partial charge in [0.2, 0.25) is 0 Å². The van der Waals surface area contributed by atoms with E-state index in [2.05, 4.69) is 23.3 Å². The van der Waals surface area contributed by atoms with Gasteiger partial charge in [0.15, 0.2) is 0 Å². The molecule has 148 valence electrons. The number of aryl methyl sites for hydroxylation is 4. The third-order valence-corrected chi connectivity index (χ3v) is 5.14. The fourth-order valence-corrected chi connectivity index (χ4v) is 3.18. The quantitative estimate of drug-likeness (QED) is 0.588. The van der Waals surface area contributed by atoms with Gasteiger partial charge < -0.3 is 20.1 Å². The number of ether oxygens (including phenoxy) is 1. The van der Waals surface area contributed by atoms with E-state index in [1.807, 2.05) is 51.1 Å². The average molecular weight is 380 g/mol. The number of aliphatic hydroxyl groups is 1. The van der Waals surface area contributed by atoms with Crippen LogP contribution in [-0.2, 0) is 6.54 Å². The van der Waals surface area contributed by atoms with Crippen LogP contribution in [-0.4, -0.2) is 29.3 Å². The molecule has 3 aromatic rings. The average Bonchev–Trinajstić information content (AvgIpc) is 2.66. The van der Waals surface area contributed by atoms with Gasteiger partial charge in [-0.1, -0.05) is 18.2 Å². The maximum absolute atomic E-state index is 12.4. The number of H-pyrrole nitrogens is 1. The third kappa shape index (κ3) is 4.61. The molecule has 5 heteroatoms. The van der Waals surface area contributed by atoms with Gasteiger partial charge in [0.25, 0.3) is 5.56 Å². The predicted molar refractivity (Wildman–Crippen MR) is 113 cm³/mol. The summed E-state index contributed by atoms with van der Waals surface area (Å²) in [6.07, 6.45) is -0.662. The third-order valence-electron chi connectivity index (χ3n) is 5.14. The van der Waals surface area contributed by atoms with Crippen molar-refractivity contribution in [2.24, 2.45) is 0 Å². The minimum absolute atomic E-state index is 0.102. The van der Waals surface area contributed by atoms with Crippen LogP contribution < -0.4 is 15.6 Å². The Hall–Kier alpha value is -2.63. The first-order valence-corrected chi connectivity index (χ1v) is 9.56. The number of rotatable bonds is 7. The Labute approximate surface area is 165 Å². The molecule has 0 aliphatic heterocycles. The van der Waals surface area contributed by atoms with Crippen LogP contribution >= 0.6 is 0 Å². The first-order valence-electron chi connectivity index (χ1n) is 9.56. The summed E-state index contributed by atoms with van der Waals surface area (Å²) < 4.78 is 5.66. The van der Waals surface area contributed by atoms with Gasteiger partial charge in [-0.15, -0.1) is 0 Å². The molecular formula is C23H28N2O3. The second-order valence-corrected chi connectivity index (χ2v) is 7.45. The number of aliphatic hydroxyl groups excluding tert-OH is 1. The predicted octanol–water partition coefficient (Wildman–Crippen LogP) is 3.29. The summed E-state index contributed by atoms with van der Waals surface area (Å²) in [4.78, 5) is 15.3. The number of hydrogen-bond donors (Lipinski definition) is 3. The molecule has 0 fully saturated rings. The van der Waals surface area contributed by atoms with Gasteiger partial charge in [-0.3, -0.25) is 4.79 Å². The van der Waals surface area contributed by atoms with Crippen molar-refractivity contribution in [1.82, 2.24) is 10.3 Å². The minimum Gasteiger partial charge on any atom is -0.491 e. The standard InChI is InChI=1S/C23H28N2O3/c1-14-7-8-20(9-17(14)4)28-13-19(26)12-24-11-18-10-21-15(2)5-6-16(3)22(21)25-23(18)27/h5-10,19,24,26H,11-13H2,1-4H3,(H,25,27)/t19-/m1/s1. The summed E-state index contributed by atoms with van der Waals surface area (Å²) in [5.41, 5.74) is 5.98. The number of pyridine rings is 1. The van der Waals surface area contributed by atoms with Crippen LogP contribution in [0.25, 0.3) is 10.9 Å². The van der Waals surface area contributed by atoms with Crippen LogP contribution in [0.15, 0.2) is 41.2 Å². The fraction of sp³-hybridized carbons (Fsp3) is 0.348. The molecule has 0 saturated carbocycles. The zero-order valence-corrected chi connectivity index (χ0v) is 16.9. The van der Waals surface area contributed by atoms with E-state index in [4.69, 9.17) is 4.74 Å². The lowest BCUT2D eigenvalue weighted by molar-refractivity contribution is 0.106. The van der Waals surface area contributed by atoms with Crippen LogP contribution in [0.1, 0.15) is 27.8 Å². The Morgan fingerprint density at radius 3 is 2.46 bits per heavy atom. The molecule has 28 heavy (non-hydrogen) atoms. The van der Waals surface area contributed by atoms with Crippen molar-refractivity contribution >= 4 is 10.9 Å². The molecule has 0 aliphatic rings. The largest absolute Gasteiger partial charge is 0.491 e. The molecule has 1 aromatic heterocycles. The molecule has 2 aromatic carbocycles. The van der Waals surface area contributed by atoms with Crippen molar-refractivity contribution in [3.63, 3.8) is 0 Å². The van der Waals surface area contributed by atoms with Crippen LogP contribution in [0.4, 0.5) is 0 Å². The highest BCUT2D eigenvalue weighted by atomic mass is 16.5. The van der Waals surface area contributed by atoms with Crippen molar-refractivity contribution in [3.05, 3.63) is 74.6 Å². The van der Waals surface area contributed by atoms with Gasteiger partial charge in [0.05, 0.1) is 5.52 Å². The molecule has 0 radical (unpaired) electrons. The summed E-state index contributed by atoms with van der Waals surface area (Å²) in [5.74, 6) is 0.749. The Kier molecular flexibility index (Phi) is 6.17. The molecule has 0 aliphatic carbocycles. The van der Waals surface area contributed by atoms with E-state index in [-0.39, 0.29) is 12.2 Å². The molecule has 1 heterocycles. The Morgan fingerprint density at radius 1 is 1.00 bits per heavy atom. The SMILES string of the molecule is Cc1ccc(OC[C@H](O)CNCc2cc3c(C)ccc(C)c3[nH]c2=O)cc1C. The van der Waals surface area contributed by atoms with Crippen molar-refractivity contribution in [1.29, 1.82) is 0 Å². The van der Waals surface area contributed by atoms with Crippen LogP contribution in [0, 0.1) is 27.7 Å². The number of aromatic nitrogens is 1. The summed E-state index contributed by atoms with van der Waals surface area (Å²) in [6.45, 7) is 9.03. The van der Waals surface area contributed by atoms with Crippen molar-refractivity contribution in [2.75, 3.05) is 13.2 Å². The molecule has 0 saturated heterocycles. The topological polar surface area (TPSA) is 74.3 Å².